The molecule has 1 amide bonds. The van der Waals surface area contributed by atoms with Gasteiger partial charge in [-0.05, 0) is 32.4 Å². The van der Waals surface area contributed by atoms with E-state index in [1.165, 1.54) is 7.11 Å². The summed E-state index contributed by atoms with van der Waals surface area (Å²) in [6.45, 7) is 5.20. The Morgan fingerprint density at radius 1 is 1.35 bits per heavy atom. The third-order valence-electron chi connectivity index (χ3n) is 2.85. The van der Waals surface area contributed by atoms with Gasteiger partial charge in [0.2, 0.25) is 0 Å². The summed E-state index contributed by atoms with van der Waals surface area (Å²) in [4.78, 5) is 23.7. The number of nitrogens with one attached hydrogen (secondary N) is 2. The minimum atomic E-state index is -0.892. The molecule has 0 bridgehead atoms. The second-order valence-electron chi connectivity index (χ2n) is 6.04. The molecule has 0 saturated heterocycles. The van der Waals surface area contributed by atoms with Crippen LogP contribution in [-0.2, 0) is 20.7 Å². The normalized spacial score (nSPS) is 12.2. The summed E-state index contributed by atoms with van der Waals surface area (Å²) in [5, 5.41) is 9.94. The number of amides is 1. The Kier molecular flexibility index (Phi) is 6.12. The summed E-state index contributed by atoms with van der Waals surface area (Å²) in [5.41, 5.74) is 6.07. The third-order valence-corrected chi connectivity index (χ3v) is 2.85. The number of nitrogens with two attached hydrogens (primary N) is 1. The van der Waals surface area contributed by atoms with Gasteiger partial charge in [-0.25, -0.2) is 9.59 Å². The van der Waals surface area contributed by atoms with Gasteiger partial charge < -0.3 is 20.5 Å². The monoisotopic (exact) mass is 321 g/mol. The average molecular weight is 321 g/mol. The second-order valence-corrected chi connectivity index (χ2v) is 6.04. The lowest BCUT2D eigenvalue weighted by Crippen LogP contribution is -2.45. The molecule has 4 N–H and O–H groups in total. The number of carbonyl (C=O) groups is 2. The van der Waals surface area contributed by atoms with Crippen molar-refractivity contribution in [2.24, 2.45) is 5.73 Å². The fourth-order valence-electron chi connectivity index (χ4n) is 1.89. The first kappa shape index (κ1) is 18.5. The maximum absolute atomic E-state index is 11.9. The first-order valence-corrected chi connectivity index (χ1v) is 7.13. The van der Waals surface area contributed by atoms with Crippen LogP contribution >= 0.6 is 0 Å². The van der Waals surface area contributed by atoms with E-state index in [2.05, 4.69) is 5.32 Å². The van der Waals surface area contributed by atoms with Gasteiger partial charge in [-0.3, -0.25) is 5.41 Å². The number of nitrogen functional groups attached to an aromatic ring is 1. The standard InChI is InChI=1S/C16H23N3O4/c1-16(2,3)23-15(21)19-12(14(20)22-4)9-10-6-5-7-11(8-10)13(17)18/h5-8,12H,9H2,1-4H3,(H3,17,18)(H,19,21). The molecule has 7 nitrogen and oxygen atoms in total. The quantitative estimate of drug-likeness (QED) is 0.433. The maximum atomic E-state index is 11.9. The van der Waals surface area contributed by atoms with E-state index < -0.39 is 23.7 Å². The summed E-state index contributed by atoms with van der Waals surface area (Å²) in [5.74, 6) is -0.648. The Labute approximate surface area is 135 Å². The summed E-state index contributed by atoms with van der Waals surface area (Å²) in [6.07, 6.45) is -0.497. The first-order valence-electron chi connectivity index (χ1n) is 7.13. The number of alkyl carbamates (subject to hydrolysis) is 1. The van der Waals surface area contributed by atoms with Crippen LogP contribution in [0, 0.1) is 5.41 Å². The van der Waals surface area contributed by atoms with E-state index in [4.69, 9.17) is 20.6 Å². The highest BCUT2D eigenvalue weighted by molar-refractivity contribution is 5.95. The Morgan fingerprint density at radius 2 is 2.00 bits per heavy atom. The number of carbonyl (C=O) groups excluding carboxylic acids is 2. The molecule has 23 heavy (non-hydrogen) atoms. The van der Waals surface area contributed by atoms with Crippen molar-refractivity contribution < 1.29 is 19.1 Å². The van der Waals surface area contributed by atoms with Crippen LogP contribution in [0.5, 0.6) is 0 Å². The Hall–Kier alpha value is -2.57. The van der Waals surface area contributed by atoms with Crippen LogP contribution in [0.3, 0.4) is 0 Å². The molecule has 0 spiro atoms. The van der Waals surface area contributed by atoms with Crippen molar-refractivity contribution in [2.75, 3.05) is 7.11 Å². The van der Waals surface area contributed by atoms with E-state index in [0.717, 1.165) is 5.56 Å². The van der Waals surface area contributed by atoms with Crippen LogP contribution in [0.15, 0.2) is 24.3 Å². The predicted molar refractivity (Wildman–Crippen MR) is 86.3 cm³/mol. The topological polar surface area (TPSA) is 115 Å². The van der Waals surface area contributed by atoms with Gasteiger partial charge in [-0.1, -0.05) is 18.2 Å². The summed E-state index contributed by atoms with van der Waals surface area (Å²) >= 11 is 0. The minimum Gasteiger partial charge on any atom is -0.467 e. The fraction of sp³-hybridized carbons (Fsp3) is 0.438. The molecular formula is C16H23N3O4. The van der Waals surface area contributed by atoms with Crippen molar-refractivity contribution in [3.63, 3.8) is 0 Å². The van der Waals surface area contributed by atoms with Crippen LogP contribution in [0.1, 0.15) is 31.9 Å². The molecule has 0 aliphatic carbocycles. The molecule has 0 heterocycles. The Balaban J connectivity index is 2.87. The number of hydrogen-bond donors (Lipinski definition) is 3. The van der Waals surface area contributed by atoms with Gasteiger partial charge in [0.1, 0.15) is 17.5 Å². The van der Waals surface area contributed by atoms with Gasteiger partial charge in [0.25, 0.3) is 0 Å². The van der Waals surface area contributed by atoms with Crippen LogP contribution in [0.25, 0.3) is 0 Å². The molecule has 7 heteroatoms. The molecular weight excluding hydrogens is 298 g/mol. The largest absolute Gasteiger partial charge is 0.467 e. The average Bonchev–Trinajstić information content (AvgIpc) is 2.44. The van der Waals surface area contributed by atoms with E-state index in [1.807, 2.05) is 0 Å². The van der Waals surface area contributed by atoms with Crippen LogP contribution in [0.2, 0.25) is 0 Å². The van der Waals surface area contributed by atoms with E-state index in [0.29, 0.717) is 5.56 Å². The molecule has 1 unspecified atom stereocenters. The highest BCUT2D eigenvalue weighted by Gasteiger charge is 2.25. The smallest absolute Gasteiger partial charge is 0.408 e. The number of rotatable bonds is 5. The maximum Gasteiger partial charge on any atom is 0.408 e. The number of ether oxygens (including phenoxy) is 2. The SMILES string of the molecule is COC(=O)C(Cc1cccc(C(=N)N)c1)NC(=O)OC(C)(C)C. The van der Waals surface area contributed by atoms with Crippen LogP contribution < -0.4 is 11.1 Å². The van der Waals surface area contributed by atoms with Gasteiger partial charge in [0, 0.05) is 12.0 Å². The number of amidine groups is 1. The number of methoxy groups -OCH3 is 1. The Bertz CT molecular complexity index is 593. The summed E-state index contributed by atoms with van der Waals surface area (Å²) in [6, 6.07) is 6.00. The molecule has 126 valence electrons. The van der Waals surface area contributed by atoms with E-state index >= 15 is 0 Å². The Morgan fingerprint density at radius 3 is 2.52 bits per heavy atom. The summed E-state index contributed by atoms with van der Waals surface area (Å²) in [7, 11) is 1.25. The molecule has 0 aliphatic rings. The van der Waals surface area contributed by atoms with Crippen molar-refractivity contribution >= 4 is 17.9 Å². The van der Waals surface area contributed by atoms with Crippen molar-refractivity contribution in [1.29, 1.82) is 5.41 Å². The molecule has 1 rings (SSSR count). The lowest BCUT2D eigenvalue weighted by Gasteiger charge is -2.22. The van der Waals surface area contributed by atoms with Gasteiger partial charge in [-0.2, -0.15) is 0 Å². The highest BCUT2D eigenvalue weighted by atomic mass is 16.6. The van der Waals surface area contributed by atoms with Gasteiger partial charge >= 0.3 is 12.1 Å². The van der Waals surface area contributed by atoms with E-state index in [9.17, 15) is 9.59 Å². The number of esters is 1. The first-order chi connectivity index (χ1) is 10.6. The van der Waals surface area contributed by atoms with Crippen molar-refractivity contribution in [3.8, 4) is 0 Å². The molecule has 0 aliphatic heterocycles. The van der Waals surface area contributed by atoms with Crippen molar-refractivity contribution in [2.45, 2.75) is 38.8 Å². The second kappa shape index (κ2) is 7.62. The molecule has 1 aromatic carbocycles. The van der Waals surface area contributed by atoms with Crippen molar-refractivity contribution in [1.82, 2.24) is 5.32 Å². The lowest BCUT2D eigenvalue weighted by molar-refractivity contribution is -0.143. The minimum absolute atomic E-state index is 0.0680. The van der Waals surface area contributed by atoms with Gasteiger partial charge in [0.05, 0.1) is 7.11 Å². The zero-order chi connectivity index (χ0) is 17.6. The van der Waals surface area contributed by atoms with Crippen LogP contribution in [0.4, 0.5) is 4.79 Å². The third kappa shape index (κ3) is 6.37. The predicted octanol–water partition coefficient (Wildman–Crippen LogP) is 1.58. The molecule has 0 fully saturated rings. The van der Waals surface area contributed by atoms with E-state index in [-0.39, 0.29) is 12.3 Å². The molecule has 0 radical (unpaired) electrons. The molecule has 0 aromatic heterocycles. The zero-order valence-electron chi connectivity index (χ0n) is 13.8. The van der Waals surface area contributed by atoms with Crippen LogP contribution in [-0.4, -0.2) is 36.7 Å². The zero-order valence-corrected chi connectivity index (χ0v) is 13.8. The van der Waals surface area contributed by atoms with E-state index in [1.54, 1.807) is 45.0 Å². The summed E-state index contributed by atoms with van der Waals surface area (Å²) < 4.78 is 9.87. The number of benzene rings is 1. The van der Waals surface area contributed by atoms with Gasteiger partial charge in [0.15, 0.2) is 0 Å². The highest BCUT2D eigenvalue weighted by Crippen LogP contribution is 2.10. The molecule has 1 atom stereocenters. The molecule has 1 aromatic rings. The lowest BCUT2D eigenvalue weighted by atomic mass is 10.0. The number of hydrogen-bond acceptors (Lipinski definition) is 5. The molecule has 0 saturated carbocycles. The fourth-order valence-corrected chi connectivity index (χ4v) is 1.89. The van der Waals surface area contributed by atoms with Crippen molar-refractivity contribution in [3.05, 3.63) is 35.4 Å². The van der Waals surface area contributed by atoms with Gasteiger partial charge in [-0.15, -0.1) is 0 Å².